The number of thiophene rings is 1. The third-order valence-electron chi connectivity index (χ3n) is 8.55. The standard InChI is InChI=1S/C32H44N4O3S/c1-3-4-11-23-20-33-17-16-25(23)27(22(2)36-18-9-10-19-36)21-34-32(38)35-30-29(26-14-7-8-15-28(26)40-30)31(37)39-24-12-5-6-13-24/h9-10,18-19,24,33H,3-8,11-17,20-21H2,1-2H3,(H2,34,35,38)/b27-22+. The van der Waals surface area contributed by atoms with Crippen LogP contribution in [0.1, 0.15) is 98.9 Å². The molecule has 2 aromatic rings. The number of aryl methyl sites for hydroxylation is 1. The molecule has 0 unspecified atom stereocenters. The predicted octanol–water partition coefficient (Wildman–Crippen LogP) is 7.06. The molecule has 0 spiro atoms. The summed E-state index contributed by atoms with van der Waals surface area (Å²) in [7, 11) is 0. The van der Waals surface area contributed by atoms with Crippen LogP contribution in [0.25, 0.3) is 5.70 Å². The summed E-state index contributed by atoms with van der Waals surface area (Å²) < 4.78 is 8.04. The number of aromatic nitrogens is 1. The number of carbonyl (C=O) groups is 2. The third kappa shape index (κ3) is 6.72. The van der Waals surface area contributed by atoms with E-state index in [9.17, 15) is 9.59 Å². The smallest absolute Gasteiger partial charge is 0.341 e. The van der Waals surface area contributed by atoms with Crippen LogP contribution >= 0.6 is 11.3 Å². The number of unbranched alkanes of at least 4 members (excludes halogenated alkanes) is 1. The van der Waals surface area contributed by atoms with Crippen LogP contribution < -0.4 is 16.0 Å². The lowest BCUT2D eigenvalue weighted by Crippen LogP contribution is -2.33. The number of urea groups is 1. The molecule has 2 aliphatic carbocycles. The van der Waals surface area contributed by atoms with Crippen LogP contribution in [-0.2, 0) is 17.6 Å². The summed E-state index contributed by atoms with van der Waals surface area (Å²) in [5, 5.41) is 10.4. The maximum atomic E-state index is 13.4. The van der Waals surface area contributed by atoms with E-state index >= 15 is 0 Å². The number of hydrogen-bond acceptors (Lipinski definition) is 5. The molecule has 3 heterocycles. The number of anilines is 1. The van der Waals surface area contributed by atoms with E-state index in [1.165, 1.54) is 21.6 Å². The first kappa shape index (κ1) is 28.7. The highest BCUT2D eigenvalue weighted by Crippen LogP contribution is 2.39. The van der Waals surface area contributed by atoms with Gasteiger partial charge in [-0.1, -0.05) is 18.9 Å². The van der Waals surface area contributed by atoms with Gasteiger partial charge in [-0.25, -0.2) is 9.59 Å². The van der Waals surface area contributed by atoms with E-state index in [4.69, 9.17) is 4.74 Å². The number of hydrogen-bond donors (Lipinski definition) is 3. The van der Waals surface area contributed by atoms with E-state index in [0.29, 0.717) is 17.1 Å². The minimum Gasteiger partial charge on any atom is -0.459 e. The Labute approximate surface area is 242 Å². The van der Waals surface area contributed by atoms with Gasteiger partial charge in [0.25, 0.3) is 0 Å². The molecule has 3 N–H and O–H groups in total. The van der Waals surface area contributed by atoms with Crippen molar-refractivity contribution in [3.05, 3.63) is 57.2 Å². The highest BCUT2D eigenvalue weighted by molar-refractivity contribution is 7.17. The first-order valence-electron chi connectivity index (χ1n) is 15.2. The average molecular weight is 565 g/mol. The Morgan fingerprint density at radius 1 is 1.10 bits per heavy atom. The summed E-state index contributed by atoms with van der Waals surface area (Å²) in [6, 6.07) is 3.78. The van der Waals surface area contributed by atoms with Crippen molar-refractivity contribution in [3.63, 3.8) is 0 Å². The SMILES string of the molecule is CCCCC1=C(/C(CNC(=O)Nc2sc3c(c2C(=O)OC2CCCC2)CCCC3)=C(\C)n2cccc2)CCNC1. The van der Waals surface area contributed by atoms with E-state index in [1.54, 1.807) is 11.3 Å². The Balaban J connectivity index is 1.36. The van der Waals surface area contributed by atoms with Crippen molar-refractivity contribution in [1.29, 1.82) is 0 Å². The topological polar surface area (TPSA) is 84.4 Å². The monoisotopic (exact) mass is 564 g/mol. The second-order valence-corrected chi connectivity index (χ2v) is 12.4. The minimum absolute atomic E-state index is 0.00200. The van der Waals surface area contributed by atoms with Crippen LogP contribution in [0.2, 0.25) is 0 Å². The predicted molar refractivity (Wildman–Crippen MR) is 163 cm³/mol. The molecule has 5 rings (SSSR count). The average Bonchev–Trinajstić information content (AvgIpc) is 3.74. The summed E-state index contributed by atoms with van der Waals surface area (Å²) in [6.07, 6.45) is 16.5. The molecular formula is C32H44N4O3S. The molecule has 8 heteroatoms. The van der Waals surface area contributed by atoms with Crippen LogP contribution in [0.5, 0.6) is 0 Å². The van der Waals surface area contributed by atoms with Gasteiger partial charge in [-0.15, -0.1) is 11.3 Å². The molecule has 0 saturated heterocycles. The molecule has 216 valence electrons. The molecule has 7 nitrogen and oxygen atoms in total. The van der Waals surface area contributed by atoms with Gasteiger partial charge in [0.1, 0.15) is 11.1 Å². The number of allylic oxidation sites excluding steroid dienone is 1. The number of nitrogens with zero attached hydrogens (tertiary/aromatic N) is 1. The summed E-state index contributed by atoms with van der Waals surface area (Å²) in [5.74, 6) is -0.272. The lowest BCUT2D eigenvalue weighted by Gasteiger charge is -2.26. The molecule has 40 heavy (non-hydrogen) atoms. The fourth-order valence-corrected chi connectivity index (χ4v) is 7.57. The summed E-state index contributed by atoms with van der Waals surface area (Å²) in [6.45, 7) is 6.62. The van der Waals surface area contributed by atoms with E-state index in [2.05, 4.69) is 46.8 Å². The second-order valence-electron chi connectivity index (χ2n) is 11.3. The third-order valence-corrected chi connectivity index (χ3v) is 9.75. The molecule has 2 aromatic heterocycles. The van der Waals surface area contributed by atoms with Gasteiger partial charge in [-0.2, -0.15) is 0 Å². The first-order chi connectivity index (χ1) is 19.5. The molecule has 2 amide bonds. The van der Waals surface area contributed by atoms with E-state index in [-0.39, 0.29) is 18.1 Å². The van der Waals surface area contributed by atoms with Crippen molar-refractivity contribution in [2.75, 3.05) is 25.0 Å². The Morgan fingerprint density at radius 3 is 2.65 bits per heavy atom. The van der Waals surface area contributed by atoms with E-state index < -0.39 is 0 Å². The molecule has 1 aliphatic heterocycles. The van der Waals surface area contributed by atoms with E-state index in [1.807, 2.05) is 12.1 Å². The largest absolute Gasteiger partial charge is 0.459 e. The number of carbonyl (C=O) groups excluding carboxylic acids is 2. The number of esters is 1. The normalized spacial score (nSPS) is 18.4. The Kier molecular flexibility index (Phi) is 9.81. The number of rotatable bonds is 10. The molecule has 0 bridgehead atoms. The zero-order chi connectivity index (χ0) is 27.9. The van der Waals surface area contributed by atoms with Gasteiger partial charge in [0.2, 0.25) is 0 Å². The second kappa shape index (κ2) is 13.7. The van der Waals surface area contributed by atoms with E-state index in [0.717, 1.165) is 101 Å². The number of ether oxygens (including phenoxy) is 1. The quantitative estimate of drug-likeness (QED) is 0.270. The zero-order valence-electron chi connectivity index (χ0n) is 24.1. The first-order valence-corrected chi connectivity index (χ1v) is 16.0. The molecule has 1 saturated carbocycles. The maximum Gasteiger partial charge on any atom is 0.341 e. The van der Waals surface area contributed by atoms with Gasteiger partial charge >= 0.3 is 12.0 Å². The molecule has 1 fully saturated rings. The molecule has 3 aliphatic rings. The fourth-order valence-electron chi connectivity index (χ4n) is 6.30. The Hall–Kier alpha value is -2.84. The van der Waals surface area contributed by atoms with Crippen LogP contribution in [0.15, 0.2) is 41.2 Å². The van der Waals surface area contributed by atoms with Gasteiger partial charge in [-0.3, -0.25) is 5.32 Å². The summed E-state index contributed by atoms with van der Waals surface area (Å²) >= 11 is 1.55. The van der Waals surface area contributed by atoms with Crippen molar-refractivity contribution in [2.24, 2.45) is 0 Å². The van der Waals surface area contributed by atoms with Crippen LogP contribution in [0.3, 0.4) is 0 Å². The molecule has 0 radical (unpaired) electrons. The van der Waals surface area contributed by atoms with Gasteiger partial charge < -0.3 is 19.9 Å². The van der Waals surface area contributed by atoms with Crippen molar-refractivity contribution < 1.29 is 14.3 Å². The summed E-state index contributed by atoms with van der Waals surface area (Å²) in [4.78, 5) is 27.9. The fraction of sp³-hybridized carbons (Fsp3) is 0.562. The van der Waals surface area contributed by atoms with Crippen LogP contribution in [0, 0.1) is 0 Å². The molecule has 0 atom stereocenters. The van der Waals surface area contributed by atoms with Crippen LogP contribution in [-0.4, -0.2) is 42.3 Å². The van der Waals surface area contributed by atoms with Crippen molar-refractivity contribution >= 4 is 34.0 Å². The maximum absolute atomic E-state index is 13.4. The molecular weight excluding hydrogens is 520 g/mol. The lowest BCUT2D eigenvalue weighted by atomic mass is 9.90. The number of fused-ring (bicyclic) bond motifs is 1. The van der Waals surface area contributed by atoms with Gasteiger partial charge in [0.05, 0.1) is 5.56 Å². The van der Waals surface area contributed by atoms with Gasteiger partial charge in [-0.05, 0) is 113 Å². The van der Waals surface area contributed by atoms with Gasteiger partial charge in [0, 0.05) is 36.1 Å². The highest BCUT2D eigenvalue weighted by atomic mass is 32.1. The van der Waals surface area contributed by atoms with Crippen LogP contribution in [0.4, 0.5) is 9.80 Å². The van der Waals surface area contributed by atoms with Crippen molar-refractivity contribution in [3.8, 4) is 0 Å². The molecule has 0 aromatic carbocycles. The Bertz CT molecular complexity index is 1250. The van der Waals surface area contributed by atoms with Crippen molar-refractivity contribution in [1.82, 2.24) is 15.2 Å². The lowest BCUT2D eigenvalue weighted by molar-refractivity contribution is 0.0318. The summed E-state index contributed by atoms with van der Waals surface area (Å²) in [5.41, 5.74) is 6.78. The highest BCUT2D eigenvalue weighted by Gasteiger charge is 2.30. The van der Waals surface area contributed by atoms with Gasteiger partial charge in [0.15, 0.2) is 0 Å². The minimum atomic E-state index is -0.282. The number of nitrogens with one attached hydrogen (secondary N) is 3. The number of amides is 2. The van der Waals surface area contributed by atoms with Crippen molar-refractivity contribution in [2.45, 2.75) is 97.0 Å². The Morgan fingerprint density at radius 2 is 1.88 bits per heavy atom. The zero-order valence-corrected chi connectivity index (χ0v) is 24.9.